The van der Waals surface area contributed by atoms with Gasteiger partial charge in [-0.1, -0.05) is 25.7 Å². The molecule has 0 aromatic heterocycles. The highest BCUT2D eigenvalue weighted by atomic mass is 19.1. The first-order valence-corrected chi connectivity index (χ1v) is 6.73. The van der Waals surface area contributed by atoms with E-state index >= 15 is 0 Å². The Labute approximate surface area is 119 Å². The van der Waals surface area contributed by atoms with Crippen molar-refractivity contribution in [3.63, 3.8) is 0 Å². The Morgan fingerprint density at radius 1 is 1.25 bits per heavy atom. The van der Waals surface area contributed by atoms with Crippen LogP contribution in [0.3, 0.4) is 0 Å². The molecule has 0 aliphatic carbocycles. The maximum atomic E-state index is 13.5. The molecule has 1 N–H and O–H groups in total. The molecule has 110 valence electrons. The van der Waals surface area contributed by atoms with E-state index in [1.165, 1.54) is 12.1 Å². The number of hydrogen-bond donors (Lipinski definition) is 1. The topological polar surface area (TPSA) is 38.7 Å². The Hall–Kier alpha value is -1.57. The summed E-state index contributed by atoms with van der Waals surface area (Å²) in [6, 6.07) is 4.37. The molecule has 0 bridgehead atoms. The van der Waals surface area contributed by atoms with Crippen LogP contribution in [0.4, 0.5) is 4.39 Å². The highest BCUT2D eigenvalue weighted by molar-refractivity contribution is 5.40. The first-order chi connectivity index (χ1) is 9.63. The third-order valence-corrected chi connectivity index (χ3v) is 2.57. The lowest BCUT2D eigenvalue weighted by molar-refractivity contribution is 0.0913. The van der Waals surface area contributed by atoms with Crippen molar-refractivity contribution in [2.24, 2.45) is 5.92 Å². The Kier molecular flexibility index (Phi) is 7.71. The van der Waals surface area contributed by atoms with Crippen molar-refractivity contribution in [1.29, 1.82) is 0 Å². The van der Waals surface area contributed by atoms with E-state index in [1.807, 2.05) is 0 Å². The van der Waals surface area contributed by atoms with Gasteiger partial charge in [0, 0.05) is 12.2 Å². The number of aliphatic hydroxyl groups excluding tert-OH is 1. The summed E-state index contributed by atoms with van der Waals surface area (Å²) in [5.41, 5.74) is 0.608. The quantitative estimate of drug-likeness (QED) is 0.616. The number of benzene rings is 1. The molecule has 0 unspecified atom stereocenters. The monoisotopic (exact) mass is 280 g/mol. The van der Waals surface area contributed by atoms with E-state index in [-0.39, 0.29) is 12.4 Å². The number of rotatable bonds is 7. The van der Waals surface area contributed by atoms with Gasteiger partial charge in [0.05, 0.1) is 6.61 Å². The Bertz CT molecular complexity index is 461. The van der Waals surface area contributed by atoms with Gasteiger partial charge in [0.2, 0.25) is 0 Å². The molecule has 0 fully saturated rings. The van der Waals surface area contributed by atoms with Gasteiger partial charge in [-0.15, -0.1) is 0 Å². The van der Waals surface area contributed by atoms with E-state index in [0.717, 1.165) is 6.42 Å². The summed E-state index contributed by atoms with van der Waals surface area (Å²) in [4.78, 5) is 0. The van der Waals surface area contributed by atoms with Crippen LogP contribution in [0.25, 0.3) is 0 Å². The van der Waals surface area contributed by atoms with Crippen molar-refractivity contribution >= 4 is 0 Å². The molecule has 1 rings (SSSR count). The minimum Gasteiger partial charge on any atom is -0.488 e. The molecule has 4 heteroatoms. The zero-order valence-corrected chi connectivity index (χ0v) is 12.0. The lowest BCUT2D eigenvalue weighted by Gasteiger charge is -2.09. The van der Waals surface area contributed by atoms with Crippen molar-refractivity contribution in [3.8, 4) is 17.6 Å². The Morgan fingerprint density at radius 2 is 2.05 bits per heavy atom. The van der Waals surface area contributed by atoms with Crippen LogP contribution in [0.2, 0.25) is 0 Å². The molecular weight excluding hydrogens is 259 g/mol. The summed E-state index contributed by atoms with van der Waals surface area (Å²) in [6.45, 7) is 5.45. The van der Waals surface area contributed by atoms with Gasteiger partial charge >= 0.3 is 0 Å². The fourth-order valence-corrected chi connectivity index (χ4v) is 1.46. The molecule has 0 aliphatic heterocycles. The molecule has 0 amide bonds. The standard InChI is InChI=1S/C16H21FO3/c1-13(2)7-9-19-10-11-20-16-12-14(4-3-8-18)5-6-15(16)17/h5-6,12-13,18H,7-11H2,1-2H3. The molecule has 3 nitrogen and oxygen atoms in total. The van der Waals surface area contributed by atoms with Crippen LogP contribution in [0, 0.1) is 23.6 Å². The Balaban J connectivity index is 2.39. The van der Waals surface area contributed by atoms with Crippen LogP contribution >= 0.6 is 0 Å². The summed E-state index contributed by atoms with van der Waals surface area (Å²) < 4.78 is 24.2. The molecule has 0 spiro atoms. The van der Waals surface area contributed by atoms with Gasteiger partial charge in [-0.3, -0.25) is 0 Å². The van der Waals surface area contributed by atoms with Crippen molar-refractivity contribution in [2.75, 3.05) is 26.4 Å². The summed E-state index contributed by atoms with van der Waals surface area (Å²) in [5.74, 6) is 5.55. The van der Waals surface area contributed by atoms with E-state index in [0.29, 0.717) is 31.3 Å². The van der Waals surface area contributed by atoms with E-state index in [4.69, 9.17) is 14.6 Å². The van der Waals surface area contributed by atoms with Crippen molar-refractivity contribution < 1.29 is 19.0 Å². The predicted molar refractivity (Wildman–Crippen MR) is 76.1 cm³/mol. The van der Waals surface area contributed by atoms with Crippen LogP contribution in [0.1, 0.15) is 25.8 Å². The molecule has 0 atom stereocenters. The van der Waals surface area contributed by atoms with Gasteiger partial charge in [0.1, 0.15) is 13.2 Å². The van der Waals surface area contributed by atoms with Crippen molar-refractivity contribution in [2.45, 2.75) is 20.3 Å². The molecule has 0 saturated heterocycles. The van der Waals surface area contributed by atoms with Crippen LogP contribution < -0.4 is 4.74 Å². The smallest absolute Gasteiger partial charge is 0.165 e. The zero-order valence-electron chi connectivity index (χ0n) is 12.0. The van der Waals surface area contributed by atoms with Crippen LogP contribution in [-0.2, 0) is 4.74 Å². The Morgan fingerprint density at radius 3 is 2.75 bits per heavy atom. The molecule has 20 heavy (non-hydrogen) atoms. The normalized spacial score (nSPS) is 10.2. The average Bonchev–Trinajstić information content (AvgIpc) is 2.42. The van der Waals surface area contributed by atoms with Gasteiger partial charge < -0.3 is 14.6 Å². The molecule has 1 aromatic rings. The third kappa shape index (κ3) is 6.55. The zero-order chi connectivity index (χ0) is 14.8. The van der Waals surface area contributed by atoms with E-state index in [1.54, 1.807) is 6.07 Å². The van der Waals surface area contributed by atoms with Gasteiger partial charge in [-0.05, 0) is 30.5 Å². The van der Waals surface area contributed by atoms with Crippen molar-refractivity contribution in [3.05, 3.63) is 29.6 Å². The summed E-state index contributed by atoms with van der Waals surface area (Å²) in [7, 11) is 0. The van der Waals surface area contributed by atoms with Gasteiger partial charge in [-0.25, -0.2) is 4.39 Å². The fraction of sp³-hybridized carbons (Fsp3) is 0.500. The minimum atomic E-state index is -0.429. The van der Waals surface area contributed by atoms with E-state index < -0.39 is 5.82 Å². The van der Waals surface area contributed by atoms with E-state index in [2.05, 4.69) is 25.7 Å². The SMILES string of the molecule is CC(C)CCOCCOc1cc(C#CCO)ccc1F. The number of hydrogen-bond acceptors (Lipinski definition) is 3. The maximum absolute atomic E-state index is 13.5. The number of aliphatic hydroxyl groups is 1. The largest absolute Gasteiger partial charge is 0.488 e. The lowest BCUT2D eigenvalue weighted by Crippen LogP contribution is -2.09. The van der Waals surface area contributed by atoms with E-state index in [9.17, 15) is 4.39 Å². The highest BCUT2D eigenvalue weighted by Gasteiger charge is 2.04. The first kappa shape index (κ1) is 16.5. The molecule has 0 aliphatic rings. The minimum absolute atomic E-state index is 0.155. The first-order valence-electron chi connectivity index (χ1n) is 6.73. The van der Waals surface area contributed by atoms with Gasteiger partial charge in [0.15, 0.2) is 11.6 Å². The summed E-state index contributed by atoms with van der Waals surface area (Å²) in [5, 5.41) is 8.62. The summed E-state index contributed by atoms with van der Waals surface area (Å²) in [6.07, 6.45) is 1.00. The van der Waals surface area contributed by atoms with Gasteiger partial charge in [-0.2, -0.15) is 0 Å². The van der Waals surface area contributed by atoms with Crippen molar-refractivity contribution in [1.82, 2.24) is 0 Å². The molecule has 1 aromatic carbocycles. The summed E-state index contributed by atoms with van der Waals surface area (Å²) >= 11 is 0. The second-order valence-electron chi connectivity index (χ2n) is 4.75. The fourth-order valence-electron chi connectivity index (χ4n) is 1.46. The maximum Gasteiger partial charge on any atom is 0.165 e. The van der Waals surface area contributed by atoms with Crippen LogP contribution in [0.15, 0.2) is 18.2 Å². The highest BCUT2D eigenvalue weighted by Crippen LogP contribution is 2.18. The number of ether oxygens (including phenoxy) is 2. The predicted octanol–water partition coefficient (Wildman–Crippen LogP) is 2.61. The molecule has 0 radical (unpaired) electrons. The third-order valence-electron chi connectivity index (χ3n) is 2.57. The number of halogens is 1. The van der Waals surface area contributed by atoms with Crippen LogP contribution in [-0.4, -0.2) is 31.5 Å². The molecular formula is C16H21FO3. The van der Waals surface area contributed by atoms with Gasteiger partial charge in [0.25, 0.3) is 0 Å². The van der Waals surface area contributed by atoms with Crippen LogP contribution in [0.5, 0.6) is 5.75 Å². The molecule has 0 heterocycles. The lowest BCUT2D eigenvalue weighted by atomic mass is 10.1. The average molecular weight is 280 g/mol. The second-order valence-corrected chi connectivity index (χ2v) is 4.75. The second kappa shape index (κ2) is 9.35. The molecule has 0 saturated carbocycles.